The van der Waals surface area contributed by atoms with Crippen LogP contribution in [0.2, 0.25) is 0 Å². The first-order valence-corrected chi connectivity index (χ1v) is 11.4. The Morgan fingerprint density at radius 1 is 1.12 bits per heavy atom. The van der Waals surface area contributed by atoms with Crippen molar-refractivity contribution in [1.29, 1.82) is 5.26 Å². The van der Waals surface area contributed by atoms with E-state index in [1.165, 1.54) is 6.07 Å². The Kier molecular flexibility index (Phi) is 6.45. The number of aromatic nitrogens is 2. The van der Waals surface area contributed by atoms with Crippen LogP contribution in [-0.4, -0.2) is 9.97 Å². The summed E-state index contributed by atoms with van der Waals surface area (Å²) in [6, 6.07) is 16.5. The van der Waals surface area contributed by atoms with E-state index in [1.54, 1.807) is 24.3 Å². The second-order valence-electron chi connectivity index (χ2n) is 7.40. The molecule has 7 heteroatoms. The van der Waals surface area contributed by atoms with E-state index in [9.17, 15) is 9.65 Å². The molecule has 4 nitrogen and oxygen atoms in total. The van der Waals surface area contributed by atoms with Gasteiger partial charge < -0.3 is 9.72 Å². The van der Waals surface area contributed by atoms with E-state index < -0.39 is 0 Å². The van der Waals surface area contributed by atoms with E-state index in [-0.39, 0.29) is 12.4 Å². The molecule has 3 aromatic carbocycles. The molecule has 0 unspecified atom stereocenters. The van der Waals surface area contributed by atoms with Crippen molar-refractivity contribution in [3.63, 3.8) is 0 Å². The molecule has 4 aromatic rings. The number of nitriles is 1. The molecule has 1 heterocycles. The lowest BCUT2D eigenvalue weighted by Gasteiger charge is -2.12. The maximum absolute atomic E-state index is 13.9. The van der Waals surface area contributed by atoms with Crippen LogP contribution < -0.4 is 4.74 Å². The zero-order valence-corrected chi connectivity index (χ0v) is 20.5. The Morgan fingerprint density at radius 3 is 2.50 bits per heavy atom. The molecule has 0 saturated heterocycles. The summed E-state index contributed by atoms with van der Waals surface area (Å²) in [6.45, 7) is 4.18. The van der Waals surface area contributed by atoms with Crippen molar-refractivity contribution in [3.05, 3.63) is 91.4 Å². The third kappa shape index (κ3) is 4.62. The van der Waals surface area contributed by atoms with Gasteiger partial charge in [0.25, 0.3) is 0 Å². The number of nitrogens with one attached hydrogen (secondary N) is 1. The summed E-state index contributed by atoms with van der Waals surface area (Å²) in [5.74, 6) is 0.757. The topological polar surface area (TPSA) is 61.7 Å². The fourth-order valence-corrected chi connectivity index (χ4v) is 4.73. The number of benzene rings is 3. The highest BCUT2D eigenvalue weighted by Gasteiger charge is 2.13. The summed E-state index contributed by atoms with van der Waals surface area (Å²) in [7, 11) is 0. The summed E-state index contributed by atoms with van der Waals surface area (Å²) < 4.78 is 21.1. The van der Waals surface area contributed by atoms with E-state index >= 15 is 0 Å². The number of aromatic amines is 1. The summed E-state index contributed by atoms with van der Waals surface area (Å²) in [5.41, 5.74) is 5.69. The lowest BCUT2D eigenvalue weighted by Crippen LogP contribution is -1.99. The van der Waals surface area contributed by atoms with Crippen molar-refractivity contribution in [2.75, 3.05) is 0 Å². The van der Waals surface area contributed by atoms with Gasteiger partial charge in [0.05, 0.1) is 25.6 Å². The number of fused-ring (bicyclic) bond motifs is 1. The van der Waals surface area contributed by atoms with E-state index in [2.05, 4.69) is 47.9 Å². The minimum absolute atomic E-state index is 0.0975. The standard InChI is InChI=1S/C25H18Br2FN3O/c1-14-7-22-23(8-15(14)2)31-25(30-22)18(12-29)9-16-10-19(26)24(20(27)11-16)32-13-17-5-3-4-6-21(17)28/h3-11H,13H2,1-2H3,(H,30,31)/b18-9+. The predicted octanol–water partition coefficient (Wildman–Crippen LogP) is 7.49. The molecule has 0 spiro atoms. The Hall–Kier alpha value is -2.95. The minimum Gasteiger partial charge on any atom is -0.486 e. The monoisotopic (exact) mass is 553 g/mol. The minimum atomic E-state index is -0.311. The van der Waals surface area contributed by atoms with Gasteiger partial charge in [0.2, 0.25) is 0 Å². The summed E-state index contributed by atoms with van der Waals surface area (Å²) in [6.07, 6.45) is 1.76. The first-order valence-electron chi connectivity index (χ1n) is 9.80. The van der Waals surface area contributed by atoms with Crippen LogP contribution >= 0.6 is 31.9 Å². The van der Waals surface area contributed by atoms with Gasteiger partial charge in [0.15, 0.2) is 0 Å². The first kappa shape index (κ1) is 22.3. The van der Waals surface area contributed by atoms with Crippen LogP contribution in [-0.2, 0) is 6.61 Å². The number of nitrogens with zero attached hydrogens (tertiary/aromatic N) is 2. The molecule has 160 valence electrons. The second kappa shape index (κ2) is 9.27. The molecular weight excluding hydrogens is 537 g/mol. The van der Waals surface area contributed by atoms with E-state index in [4.69, 9.17) is 4.74 Å². The SMILES string of the molecule is Cc1cc2nc(/C(C#N)=C/c3cc(Br)c(OCc4ccccc4F)c(Br)c3)[nH]c2cc1C. The fraction of sp³-hybridized carbons (Fsp3) is 0.120. The molecule has 1 aromatic heterocycles. The number of imidazole rings is 1. The Balaban J connectivity index is 1.63. The van der Waals surface area contributed by atoms with Crippen LogP contribution in [0.3, 0.4) is 0 Å². The number of aryl methyl sites for hydroxylation is 2. The van der Waals surface area contributed by atoms with Gasteiger partial charge in [-0.2, -0.15) is 5.26 Å². The van der Waals surface area contributed by atoms with Gasteiger partial charge in [-0.15, -0.1) is 0 Å². The highest BCUT2D eigenvalue weighted by molar-refractivity contribution is 9.11. The molecule has 0 saturated carbocycles. The van der Waals surface area contributed by atoms with E-state index in [0.717, 1.165) is 27.7 Å². The third-order valence-electron chi connectivity index (χ3n) is 5.13. The molecule has 0 atom stereocenters. The molecule has 1 N–H and O–H groups in total. The van der Waals surface area contributed by atoms with Crippen LogP contribution in [0.15, 0.2) is 57.5 Å². The Labute approximate surface area is 202 Å². The number of ether oxygens (including phenoxy) is 1. The smallest absolute Gasteiger partial charge is 0.149 e. The molecule has 0 aliphatic heterocycles. The normalized spacial score (nSPS) is 11.6. The Morgan fingerprint density at radius 2 is 1.81 bits per heavy atom. The van der Waals surface area contributed by atoms with E-state index in [0.29, 0.717) is 31.7 Å². The lowest BCUT2D eigenvalue weighted by molar-refractivity contribution is 0.296. The van der Waals surface area contributed by atoms with Gasteiger partial charge >= 0.3 is 0 Å². The van der Waals surface area contributed by atoms with Gasteiger partial charge in [-0.05, 0) is 98.8 Å². The number of allylic oxidation sites excluding steroid dienone is 1. The van der Waals surface area contributed by atoms with Gasteiger partial charge in [0.1, 0.15) is 30.1 Å². The van der Waals surface area contributed by atoms with Gasteiger partial charge in [-0.25, -0.2) is 9.37 Å². The summed E-state index contributed by atoms with van der Waals surface area (Å²) in [4.78, 5) is 7.82. The molecule has 0 radical (unpaired) electrons. The van der Waals surface area contributed by atoms with E-state index in [1.807, 2.05) is 38.1 Å². The first-order chi connectivity index (χ1) is 15.4. The number of hydrogen-bond donors (Lipinski definition) is 1. The maximum Gasteiger partial charge on any atom is 0.149 e. The summed E-state index contributed by atoms with van der Waals surface area (Å²) >= 11 is 7.04. The third-order valence-corrected chi connectivity index (χ3v) is 6.31. The van der Waals surface area contributed by atoms with Gasteiger partial charge in [0, 0.05) is 5.56 Å². The van der Waals surface area contributed by atoms with Crippen LogP contribution in [0.5, 0.6) is 5.75 Å². The summed E-state index contributed by atoms with van der Waals surface area (Å²) in [5, 5.41) is 9.74. The van der Waals surface area contributed by atoms with Gasteiger partial charge in [-0.1, -0.05) is 18.2 Å². The fourth-order valence-electron chi connectivity index (χ4n) is 3.28. The Bertz CT molecular complexity index is 1340. The van der Waals surface area contributed by atoms with Crippen molar-refractivity contribution >= 4 is 54.5 Å². The highest BCUT2D eigenvalue weighted by atomic mass is 79.9. The second-order valence-corrected chi connectivity index (χ2v) is 9.11. The molecular formula is C25H18Br2FN3O. The van der Waals surface area contributed by atoms with Crippen LogP contribution in [0.25, 0.3) is 22.7 Å². The van der Waals surface area contributed by atoms with Gasteiger partial charge in [-0.3, -0.25) is 0 Å². The van der Waals surface area contributed by atoms with Crippen LogP contribution in [0.1, 0.15) is 28.1 Å². The van der Waals surface area contributed by atoms with Crippen molar-refractivity contribution in [2.45, 2.75) is 20.5 Å². The molecule has 0 aliphatic carbocycles. The largest absolute Gasteiger partial charge is 0.486 e. The average molecular weight is 555 g/mol. The molecule has 0 bridgehead atoms. The van der Waals surface area contributed by atoms with Crippen LogP contribution in [0, 0.1) is 31.0 Å². The van der Waals surface area contributed by atoms with Crippen molar-refractivity contribution in [3.8, 4) is 11.8 Å². The molecule has 0 amide bonds. The quantitative estimate of drug-likeness (QED) is 0.260. The average Bonchev–Trinajstić information content (AvgIpc) is 3.15. The highest BCUT2D eigenvalue weighted by Crippen LogP contribution is 2.36. The molecule has 0 aliphatic rings. The van der Waals surface area contributed by atoms with Crippen LogP contribution in [0.4, 0.5) is 4.39 Å². The van der Waals surface area contributed by atoms with Crippen molar-refractivity contribution in [1.82, 2.24) is 9.97 Å². The molecule has 4 rings (SSSR count). The molecule has 0 fully saturated rings. The zero-order valence-electron chi connectivity index (χ0n) is 17.3. The lowest BCUT2D eigenvalue weighted by atomic mass is 10.1. The zero-order chi connectivity index (χ0) is 22.8. The number of hydrogen-bond acceptors (Lipinski definition) is 3. The van der Waals surface area contributed by atoms with Crippen molar-refractivity contribution < 1.29 is 9.13 Å². The predicted molar refractivity (Wildman–Crippen MR) is 132 cm³/mol. The number of halogens is 3. The number of rotatable bonds is 5. The number of H-pyrrole nitrogens is 1. The van der Waals surface area contributed by atoms with Crippen molar-refractivity contribution in [2.24, 2.45) is 0 Å². The molecule has 32 heavy (non-hydrogen) atoms. The maximum atomic E-state index is 13.9.